The first-order valence-electron chi connectivity index (χ1n) is 10.2. The van der Waals surface area contributed by atoms with Gasteiger partial charge in [0.05, 0.1) is 17.7 Å². The normalized spacial score (nSPS) is 12.1. The van der Waals surface area contributed by atoms with Gasteiger partial charge in [-0.2, -0.15) is 26.3 Å². The molecule has 0 bridgehead atoms. The Bertz CT molecular complexity index is 1490. The highest BCUT2D eigenvalue weighted by molar-refractivity contribution is 6.05. The van der Waals surface area contributed by atoms with Crippen molar-refractivity contribution in [1.82, 2.24) is 9.55 Å². The fourth-order valence-electron chi connectivity index (χ4n) is 3.54. The molecule has 0 aliphatic carbocycles. The van der Waals surface area contributed by atoms with E-state index in [0.717, 1.165) is 10.6 Å². The molecule has 0 saturated carbocycles. The number of benzene rings is 2. The number of carbonyl (C=O) groups excluding carboxylic acids is 1. The van der Waals surface area contributed by atoms with Gasteiger partial charge in [-0.05, 0) is 42.5 Å². The number of rotatable bonds is 4. The molecular weight excluding hydrogens is 495 g/mol. The van der Waals surface area contributed by atoms with Crippen LogP contribution in [-0.2, 0) is 18.9 Å². The predicted octanol–water partition coefficient (Wildman–Crippen LogP) is 5.87. The maximum absolute atomic E-state index is 14.2. The van der Waals surface area contributed by atoms with Crippen molar-refractivity contribution < 1.29 is 35.5 Å². The van der Waals surface area contributed by atoms with E-state index in [0.29, 0.717) is 12.1 Å². The van der Waals surface area contributed by atoms with E-state index in [1.165, 1.54) is 42.6 Å². The first-order valence-corrected chi connectivity index (χ1v) is 10.2. The van der Waals surface area contributed by atoms with Gasteiger partial charge >= 0.3 is 12.4 Å². The van der Waals surface area contributed by atoms with Crippen LogP contribution in [0.4, 0.5) is 36.4 Å². The summed E-state index contributed by atoms with van der Waals surface area (Å²) in [6.45, 7) is -0.331. The molecule has 0 unspecified atom stereocenters. The number of nitrogens with one attached hydrogen (secondary N) is 1. The van der Waals surface area contributed by atoms with Crippen molar-refractivity contribution in [2.45, 2.75) is 18.9 Å². The second kappa shape index (κ2) is 9.10. The van der Waals surface area contributed by atoms with Crippen LogP contribution < -0.4 is 10.9 Å². The van der Waals surface area contributed by atoms with Crippen molar-refractivity contribution in [2.24, 2.45) is 0 Å². The third-order valence-electron chi connectivity index (χ3n) is 5.22. The van der Waals surface area contributed by atoms with Crippen LogP contribution in [0.5, 0.6) is 0 Å². The lowest BCUT2D eigenvalue weighted by Crippen LogP contribution is -2.30. The van der Waals surface area contributed by atoms with Crippen molar-refractivity contribution in [3.63, 3.8) is 0 Å². The zero-order chi connectivity index (χ0) is 26.3. The minimum absolute atomic E-state index is 0.0846. The molecule has 0 aliphatic heterocycles. The lowest BCUT2D eigenvalue weighted by Gasteiger charge is -2.15. The van der Waals surface area contributed by atoms with Gasteiger partial charge in [-0.3, -0.25) is 14.2 Å². The minimum Gasteiger partial charge on any atom is -0.322 e. The Labute approximate surface area is 197 Å². The number of hydrogen-bond acceptors (Lipinski definition) is 3. The van der Waals surface area contributed by atoms with E-state index in [1.807, 2.05) is 5.32 Å². The van der Waals surface area contributed by atoms with E-state index in [9.17, 15) is 40.3 Å². The number of amides is 1. The number of hydrogen-bond donors (Lipinski definition) is 1. The van der Waals surface area contributed by atoms with Gasteiger partial charge < -0.3 is 5.32 Å². The van der Waals surface area contributed by atoms with Crippen LogP contribution in [-0.4, -0.2) is 15.5 Å². The van der Waals surface area contributed by atoms with Crippen LogP contribution in [0.3, 0.4) is 0 Å². The zero-order valence-electron chi connectivity index (χ0n) is 17.9. The Balaban J connectivity index is 1.80. The largest absolute Gasteiger partial charge is 0.416 e. The topological polar surface area (TPSA) is 64.0 Å². The van der Waals surface area contributed by atoms with Crippen molar-refractivity contribution in [3.8, 4) is 0 Å². The number of alkyl halides is 6. The summed E-state index contributed by atoms with van der Waals surface area (Å²) in [7, 11) is 0. The maximum Gasteiger partial charge on any atom is 0.416 e. The van der Waals surface area contributed by atoms with E-state index in [-0.39, 0.29) is 29.2 Å². The smallest absolute Gasteiger partial charge is 0.322 e. The van der Waals surface area contributed by atoms with Crippen LogP contribution in [0.25, 0.3) is 11.0 Å². The average Bonchev–Trinajstić information content (AvgIpc) is 2.80. The molecule has 36 heavy (non-hydrogen) atoms. The lowest BCUT2D eigenvalue weighted by molar-refractivity contribution is -0.143. The minimum atomic E-state index is -5.12. The third-order valence-corrected chi connectivity index (χ3v) is 5.22. The van der Waals surface area contributed by atoms with E-state index in [4.69, 9.17) is 0 Å². The first kappa shape index (κ1) is 24.9. The van der Waals surface area contributed by atoms with Crippen LogP contribution in [0, 0.1) is 5.82 Å². The van der Waals surface area contributed by atoms with Gasteiger partial charge in [0, 0.05) is 22.8 Å². The maximum atomic E-state index is 14.2. The Morgan fingerprint density at radius 1 is 0.889 bits per heavy atom. The molecule has 0 radical (unpaired) electrons. The molecule has 0 fully saturated rings. The van der Waals surface area contributed by atoms with Gasteiger partial charge in [0.1, 0.15) is 17.0 Å². The molecule has 5 nitrogen and oxygen atoms in total. The van der Waals surface area contributed by atoms with Crippen LogP contribution in [0.15, 0.2) is 71.7 Å². The highest BCUT2D eigenvalue weighted by Crippen LogP contribution is 2.37. The monoisotopic (exact) mass is 509 g/mol. The van der Waals surface area contributed by atoms with Gasteiger partial charge in [-0.15, -0.1) is 0 Å². The van der Waals surface area contributed by atoms with Crippen molar-refractivity contribution >= 4 is 22.6 Å². The number of carbonyl (C=O) groups is 1. The molecule has 0 atom stereocenters. The van der Waals surface area contributed by atoms with E-state index in [1.54, 1.807) is 0 Å². The van der Waals surface area contributed by atoms with Gasteiger partial charge in [0.25, 0.3) is 11.5 Å². The summed E-state index contributed by atoms with van der Waals surface area (Å²) in [5.74, 6) is -1.88. The van der Waals surface area contributed by atoms with Crippen molar-refractivity contribution in [2.75, 3.05) is 5.32 Å². The summed E-state index contributed by atoms with van der Waals surface area (Å²) in [5.41, 5.74) is -5.44. The Morgan fingerprint density at radius 2 is 1.53 bits per heavy atom. The van der Waals surface area contributed by atoms with Gasteiger partial charge in [-0.1, -0.05) is 18.2 Å². The van der Waals surface area contributed by atoms with E-state index in [2.05, 4.69) is 4.98 Å². The first-order chi connectivity index (χ1) is 16.8. The van der Waals surface area contributed by atoms with Gasteiger partial charge in [-0.25, -0.2) is 9.37 Å². The number of fused-ring (bicyclic) bond motifs is 1. The molecule has 4 rings (SSSR count). The number of nitrogens with zero attached hydrogens (tertiary/aromatic N) is 2. The van der Waals surface area contributed by atoms with Crippen molar-refractivity contribution in [1.29, 1.82) is 0 Å². The molecule has 2 aromatic carbocycles. The molecule has 0 spiro atoms. The van der Waals surface area contributed by atoms with Crippen LogP contribution in [0.1, 0.15) is 27.0 Å². The summed E-state index contributed by atoms with van der Waals surface area (Å²) in [5, 5.41) is 2.21. The SMILES string of the molecule is O=C(Nc1cc(C(F)(F)F)cc(C(F)(F)F)c1)c1cc2cccnc2n(Cc2ccccc2F)c1=O. The summed E-state index contributed by atoms with van der Waals surface area (Å²) >= 11 is 0. The quantitative estimate of drug-likeness (QED) is 0.350. The third kappa shape index (κ3) is 5.07. The fourth-order valence-corrected chi connectivity index (χ4v) is 3.54. The number of anilines is 1. The Morgan fingerprint density at radius 3 is 2.14 bits per heavy atom. The molecule has 4 aromatic rings. The number of pyridine rings is 2. The van der Waals surface area contributed by atoms with Gasteiger partial charge in [0.2, 0.25) is 0 Å². The molecule has 186 valence electrons. The zero-order valence-corrected chi connectivity index (χ0v) is 17.9. The molecule has 2 heterocycles. The fraction of sp³-hybridized carbons (Fsp3) is 0.125. The van der Waals surface area contributed by atoms with E-state index < -0.39 is 52.0 Å². The second-order valence-corrected chi connectivity index (χ2v) is 7.71. The molecule has 2 aromatic heterocycles. The number of aromatic nitrogens is 2. The highest BCUT2D eigenvalue weighted by atomic mass is 19.4. The van der Waals surface area contributed by atoms with E-state index >= 15 is 0 Å². The predicted molar refractivity (Wildman–Crippen MR) is 116 cm³/mol. The summed E-state index contributed by atoms with van der Waals surface area (Å²) in [6, 6.07) is 10.2. The second-order valence-electron chi connectivity index (χ2n) is 7.71. The standard InChI is InChI=1S/C24H14F7N3O2/c25-19-6-2-1-4-14(19)12-34-20-13(5-3-7-32-20)8-18(22(34)36)21(35)33-17-10-15(23(26,27)28)9-16(11-17)24(29,30)31/h1-11H,12H2,(H,33,35). The molecule has 0 saturated heterocycles. The highest BCUT2D eigenvalue weighted by Gasteiger charge is 2.37. The Kier molecular flexibility index (Phi) is 6.29. The average molecular weight is 509 g/mol. The lowest BCUT2D eigenvalue weighted by atomic mass is 10.1. The summed E-state index contributed by atoms with van der Waals surface area (Å²) in [6.07, 6.45) is -8.88. The summed E-state index contributed by atoms with van der Waals surface area (Å²) in [4.78, 5) is 30.1. The number of halogens is 7. The Hall–Kier alpha value is -4.22. The molecule has 12 heteroatoms. The summed E-state index contributed by atoms with van der Waals surface area (Å²) < 4.78 is 94.2. The molecule has 1 N–H and O–H groups in total. The molecule has 0 aliphatic rings. The van der Waals surface area contributed by atoms with Gasteiger partial charge in [0.15, 0.2) is 0 Å². The van der Waals surface area contributed by atoms with Crippen molar-refractivity contribution in [3.05, 3.63) is 105 Å². The molecular formula is C24H14F7N3O2. The van der Waals surface area contributed by atoms with Crippen LogP contribution in [0.2, 0.25) is 0 Å². The molecule has 1 amide bonds. The van der Waals surface area contributed by atoms with Crippen LogP contribution >= 0.6 is 0 Å².